The molecule has 0 unspecified atom stereocenters. The first kappa shape index (κ1) is 40.4. The predicted molar refractivity (Wildman–Crippen MR) is 176 cm³/mol. The van der Waals surface area contributed by atoms with E-state index in [-0.39, 0.29) is 63.7 Å². The van der Waals surface area contributed by atoms with Crippen LogP contribution < -0.4 is 15.4 Å². The number of hydrogen-bond donors (Lipinski definition) is 3. The molecular weight excluding hydrogens is 711 g/mol. The van der Waals surface area contributed by atoms with Crippen LogP contribution in [0.15, 0.2) is 36.4 Å². The molecule has 1 aromatic heterocycles. The SMILES string of the molecule is CCCCOC(=O)ON1CCN(C(=O)[C@H](CCC(=O)O)NC(=O)c2cc(OCC(=O)N3CCC[C@H]3C(=O)NCC(F)(F)F)n(-c3ccccc3)n2)CC1. The highest BCUT2D eigenvalue weighted by molar-refractivity contribution is 5.96. The van der Waals surface area contributed by atoms with Gasteiger partial charge in [0.2, 0.25) is 17.7 Å². The number of unbranched alkanes of at least 4 members (excludes halogenated alkanes) is 1. The maximum Gasteiger partial charge on any atom is 0.527 e. The van der Waals surface area contributed by atoms with Crippen molar-refractivity contribution in [2.75, 3.05) is 52.5 Å². The standard InChI is InChI=1S/C33H42F3N7O10/c1-2-3-18-51-32(50)53-41-16-14-40(15-17-41)31(49)23(11-12-28(45)46)38-29(47)24-19-27(43(39-24)22-8-5-4-6-9-22)52-20-26(44)42-13-7-10-25(42)30(48)37-21-33(34,35)36/h4-6,8-9,19,23,25H,2-3,7,10-18,20-21H2,1H3,(H,37,48)(H,38,47)(H,45,46)/t23-,25-/m0/s1. The van der Waals surface area contributed by atoms with E-state index in [4.69, 9.17) is 14.3 Å². The number of nitrogens with one attached hydrogen (secondary N) is 2. The summed E-state index contributed by atoms with van der Waals surface area (Å²) in [4.78, 5) is 83.6. The highest BCUT2D eigenvalue weighted by atomic mass is 19.4. The first-order chi connectivity index (χ1) is 25.3. The number of aromatic nitrogens is 2. The van der Waals surface area contributed by atoms with Crippen molar-refractivity contribution in [3.8, 4) is 11.6 Å². The fourth-order valence-electron chi connectivity index (χ4n) is 5.60. The Labute approximate surface area is 302 Å². The number of alkyl halides is 3. The summed E-state index contributed by atoms with van der Waals surface area (Å²) in [6, 6.07) is 7.19. The number of rotatable bonds is 16. The molecule has 3 heterocycles. The highest BCUT2D eigenvalue weighted by Crippen LogP contribution is 2.23. The van der Waals surface area contributed by atoms with E-state index < -0.39 is 73.6 Å². The minimum absolute atomic E-state index is 0.0790. The number of carboxylic acid groups (broad SMARTS) is 1. The minimum Gasteiger partial charge on any atom is -0.481 e. The quantitative estimate of drug-likeness (QED) is 0.166. The Bertz CT molecular complexity index is 1600. The Hall–Kier alpha value is -5.40. The molecule has 0 radical (unpaired) electrons. The molecule has 3 N–H and O–H groups in total. The molecule has 2 atom stereocenters. The van der Waals surface area contributed by atoms with Gasteiger partial charge in [0, 0.05) is 32.1 Å². The van der Waals surface area contributed by atoms with Crippen LogP contribution in [0.3, 0.4) is 0 Å². The monoisotopic (exact) mass is 753 g/mol. The summed E-state index contributed by atoms with van der Waals surface area (Å²) in [5.41, 5.74) is 0.183. The van der Waals surface area contributed by atoms with Crippen LogP contribution in [0.2, 0.25) is 0 Å². The van der Waals surface area contributed by atoms with Crippen molar-refractivity contribution in [1.82, 2.24) is 35.3 Å². The first-order valence-electron chi connectivity index (χ1n) is 17.1. The van der Waals surface area contributed by atoms with Crippen molar-refractivity contribution in [3.05, 3.63) is 42.1 Å². The van der Waals surface area contributed by atoms with Crippen molar-refractivity contribution < 1.29 is 61.4 Å². The van der Waals surface area contributed by atoms with E-state index in [1.807, 2.05) is 6.92 Å². The maximum atomic E-state index is 13.5. The molecule has 4 rings (SSSR count). The van der Waals surface area contributed by atoms with Crippen molar-refractivity contribution in [2.45, 2.75) is 63.7 Å². The van der Waals surface area contributed by atoms with E-state index in [0.29, 0.717) is 18.5 Å². The van der Waals surface area contributed by atoms with E-state index in [0.717, 1.165) is 11.3 Å². The number of likely N-dealkylation sites (tertiary alicyclic amines) is 1. The van der Waals surface area contributed by atoms with Gasteiger partial charge in [-0.1, -0.05) is 31.5 Å². The summed E-state index contributed by atoms with van der Waals surface area (Å²) in [5.74, 6) is -4.30. The predicted octanol–water partition coefficient (Wildman–Crippen LogP) is 1.90. The number of amides is 4. The van der Waals surface area contributed by atoms with Gasteiger partial charge in [0.15, 0.2) is 12.3 Å². The third-order valence-corrected chi connectivity index (χ3v) is 8.31. The summed E-state index contributed by atoms with van der Waals surface area (Å²) in [5, 5.41) is 19.3. The lowest BCUT2D eigenvalue weighted by atomic mass is 10.1. The lowest BCUT2D eigenvalue weighted by Crippen LogP contribution is -2.55. The molecule has 2 saturated heterocycles. The van der Waals surface area contributed by atoms with Crippen molar-refractivity contribution >= 4 is 35.8 Å². The van der Waals surface area contributed by atoms with Crippen LogP contribution in [0.4, 0.5) is 18.0 Å². The van der Waals surface area contributed by atoms with E-state index >= 15 is 0 Å². The molecule has 20 heteroatoms. The average molecular weight is 754 g/mol. The molecule has 2 aliphatic heterocycles. The number of para-hydroxylation sites is 1. The smallest absolute Gasteiger partial charge is 0.481 e. The van der Waals surface area contributed by atoms with Gasteiger partial charge in [-0.3, -0.25) is 24.0 Å². The molecule has 2 aromatic rings. The Balaban J connectivity index is 1.43. The Kier molecular flexibility index (Phi) is 14.4. The Morgan fingerprint density at radius 3 is 2.42 bits per heavy atom. The molecule has 17 nitrogen and oxygen atoms in total. The maximum absolute atomic E-state index is 13.5. The summed E-state index contributed by atoms with van der Waals surface area (Å²) in [6.07, 6.45) is -4.09. The summed E-state index contributed by atoms with van der Waals surface area (Å²) >= 11 is 0. The van der Waals surface area contributed by atoms with Crippen molar-refractivity contribution in [3.63, 3.8) is 0 Å². The fourth-order valence-corrected chi connectivity index (χ4v) is 5.60. The number of benzene rings is 1. The van der Waals surface area contributed by atoms with E-state index in [1.54, 1.807) is 35.6 Å². The van der Waals surface area contributed by atoms with Crippen LogP contribution in [-0.4, -0.2) is 136 Å². The second kappa shape index (κ2) is 18.9. The number of nitrogens with zero attached hydrogens (tertiary/aromatic N) is 5. The van der Waals surface area contributed by atoms with Crippen LogP contribution >= 0.6 is 0 Å². The third kappa shape index (κ3) is 12.1. The number of aliphatic carboxylic acids is 1. The topological polar surface area (TPSA) is 202 Å². The number of carbonyl (C=O) groups is 6. The number of piperazine rings is 1. The van der Waals surface area contributed by atoms with Gasteiger partial charge in [0.1, 0.15) is 18.6 Å². The number of hydroxylamine groups is 2. The Morgan fingerprint density at radius 2 is 1.75 bits per heavy atom. The van der Waals surface area contributed by atoms with E-state index in [1.165, 1.54) is 20.7 Å². The molecule has 2 aliphatic rings. The van der Waals surface area contributed by atoms with Gasteiger partial charge in [-0.15, -0.1) is 5.06 Å². The largest absolute Gasteiger partial charge is 0.527 e. The van der Waals surface area contributed by atoms with Gasteiger partial charge >= 0.3 is 18.3 Å². The highest BCUT2D eigenvalue weighted by Gasteiger charge is 2.37. The molecule has 53 heavy (non-hydrogen) atoms. The van der Waals surface area contributed by atoms with Crippen molar-refractivity contribution in [2.24, 2.45) is 0 Å². The van der Waals surface area contributed by atoms with Gasteiger partial charge in [-0.25, -0.2) is 9.48 Å². The van der Waals surface area contributed by atoms with Gasteiger partial charge in [-0.2, -0.15) is 18.3 Å². The van der Waals surface area contributed by atoms with E-state index in [9.17, 15) is 47.0 Å². The lowest BCUT2D eigenvalue weighted by Gasteiger charge is -2.35. The number of carboxylic acids is 1. The molecule has 0 bridgehead atoms. The zero-order valence-corrected chi connectivity index (χ0v) is 29.0. The van der Waals surface area contributed by atoms with Crippen molar-refractivity contribution in [1.29, 1.82) is 0 Å². The third-order valence-electron chi connectivity index (χ3n) is 8.31. The average Bonchev–Trinajstić information content (AvgIpc) is 3.80. The zero-order valence-electron chi connectivity index (χ0n) is 29.0. The second-order valence-corrected chi connectivity index (χ2v) is 12.2. The number of carbonyl (C=O) groups excluding carboxylic acids is 5. The molecule has 4 amide bonds. The van der Waals surface area contributed by atoms with Gasteiger partial charge < -0.3 is 39.9 Å². The molecule has 2 fully saturated rings. The number of halogens is 3. The summed E-state index contributed by atoms with van der Waals surface area (Å²) in [6.45, 7) is 0.605. The zero-order chi connectivity index (χ0) is 38.5. The summed E-state index contributed by atoms with van der Waals surface area (Å²) in [7, 11) is 0. The minimum atomic E-state index is -4.62. The Morgan fingerprint density at radius 1 is 1.04 bits per heavy atom. The van der Waals surface area contributed by atoms with Crippen LogP contribution in [0.25, 0.3) is 5.69 Å². The molecule has 0 aliphatic carbocycles. The lowest BCUT2D eigenvalue weighted by molar-refractivity contribution is -0.158. The van der Waals surface area contributed by atoms with Crippen LogP contribution in [-0.2, 0) is 28.8 Å². The fraction of sp³-hybridized carbons (Fsp3) is 0.545. The number of ether oxygens (including phenoxy) is 2. The van der Waals surface area contributed by atoms with Crippen LogP contribution in [0.1, 0.15) is 55.9 Å². The van der Waals surface area contributed by atoms with Gasteiger partial charge in [0.25, 0.3) is 11.8 Å². The van der Waals surface area contributed by atoms with E-state index in [2.05, 4.69) is 10.4 Å². The normalized spacial score (nSPS) is 16.8. The second-order valence-electron chi connectivity index (χ2n) is 12.2. The number of hydrogen-bond acceptors (Lipinski definition) is 11. The molecule has 0 saturated carbocycles. The molecule has 290 valence electrons. The van der Waals surface area contributed by atoms with Crippen LogP contribution in [0, 0.1) is 0 Å². The summed E-state index contributed by atoms with van der Waals surface area (Å²) < 4.78 is 49.9. The molecular formula is C33H42F3N7O10. The van der Waals surface area contributed by atoms with Gasteiger partial charge in [0.05, 0.1) is 25.4 Å². The molecule has 1 aromatic carbocycles. The molecule has 0 spiro atoms. The first-order valence-corrected chi connectivity index (χ1v) is 17.1. The van der Waals surface area contributed by atoms with Crippen LogP contribution in [0.5, 0.6) is 5.88 Å². The van der Waals surface area contributed by atoms with Gasteiger partial charge in [-0.05, 0) is 37.8 Å².